The van der Waals surface area contributed by atoms with E-state index in [0.717, 1.165) is 12.8 Å². The Morgan fingerprint density at radius 2 is 2.31 bits per heavy atom. The zero-order valence-electron chi connectivity index (χ0n) is 7.58. The van der Waals surface area contributed by atoms with Gasteiger partial charge in [0.1, 0.15) is 11.2 Å². The topological polar surface area (TPSA) is 54.4 Å². The van der Waals surface area contributed by atoms with Crippen LogP contribution in [0.4, 0.5) is 0 Å². The summed E-state index contributed by atoms with van der Waals surface area (Å²) in [5, 5.41) is 9.02. The van der Waals surface area contributed by atoms with Gasteiger partial charge in [-0.1, -0.05) is 12.5 Å². The van der Waals surface area contributed by atoms with Gasteiger partial charge in [0.15, 0.2) is 0 Å². The average Bonchev–Trinajstić information content (AvgIpc) is 2.09. The van der Waals surface area contributed by atoms with Crippen LogP contribution >= 0.6 is 0 Å². The average molecular weight is 182 g/mol. The predicted molar refractivity (Wildman–Crippen MR) is 48.4 cm³/mol. The van der Waals surface area contributed by atoms with Gasteiger partial charge in [0.25, 0.3) is 0 Å². The summed E-state index contributed by atoms with van der Waals surface area (Å²) in [5.74, 6) is -1.12. The number of hydrogen-bond acceptors (Lipinski definition) is 2. The Bertz CT molecular complexity index is 245. The van der Waals surface area contributed by atoms with Crippen LogP contribution in [0.25, 0.3) is 0 Å². The van der Waals surface area contributed by atoms with Crippen LogP contribution < -0.4 is 0 Å². The Labute approximate surface area is 77.4 Å². The molecule has 1 aliphatic rings. The van der Waals surface area contributed by atoms with E-state index < -0.39 is 11.4 Å². The zero-order chi connectivity index (χ0) is 9.90. The van der Waals surface area contributed by atoms with E-state index in [0.29, 0.717) is 12.8 Å². The Morgan fingerprint density at radius 3 is 2.77 bits per heavy atom. The highest BCUT2D eigenvalue weighted by molar-refractivity contribution is 6.03. The van der Waals surface area contributed by atoms with Gasteiger partial charge >= 0.3 is 5.97 Å². The fourth-order valence-electron chi connectivity index (χ4n) is 1.87. The normalized spacial score (nSPS) is 28.5. The SMILES string of the molecule is C=CC[C@]1(C(=O)O)CCCCC1=O. The fourth-order valence-corrected chi connectivity index (χ4v) is 1.87. The molecule has 0 saturated heterocycles. The molecule has 0 bridgehead atoms. The molecule has 13 heavy (non-hydrogen) atoms. The lowest BCUT2D eigenvalue weighted by molar-refractivity contribution is -0.156. The van der Waals surface area contributed by atoms with Crippen molar-refractivity contribution in [1.82, 2.24) is 0 Å². The second-order valence-electron chi connectivity index (χ2n) is 3.51. The first-order chi connectivity index (χ1) is 6.13. The quantitative estimate of drug-likeness (QED) is 0.534. The van der Waals surface area contributed by atoms with E-state index in [4.69, 9.17) is 5.11 Å². The molecule has 72 valence electrons. The number of carboxylic acids is 1. The molecule has 3 heteroatoms. The van der Waals surface area contributed by atoms with E-state index in [2.05, 4.69) is 6.58 Å². The number of allylic oxidation sites excluding steroid dienone is 1. The summed E-state index contributed by atoms with van der Waals surface area (Å²) in [6, 6.07) is 0. The summed E-state index contributed by atoms with van der Waals surface area (Å²) in [6.45, 7) is 3.50. The van der Waals surface area contributed by atoms with Crippen LogP contribution in [0.5, 0.6) is 0 Å². The summed E-state index contributed by atoms with van der Waals surface area (Å²) in [7, 11) is 0. The van der Waals surface area contributed by atoms with E-state index in [1.165, 1.54) is 6.08 Å². The number of ketones is 1. The highest BCUT2D eigenvalue weighted by Gasteiger charge is 2.45. The van der Waals surface area contributed by atoms with E-state index in [1.807, 2.05) is 0 Å². The molecule has 1 rings (SSSR count). The highest BCUT2D eigenvalue weighted by atomic mass is 16.4. The molecule has 1 fully saturated rings. The monoisotopic (exact) mass is 182 g/mol. The van der Waals surface area contributed by atoms with Gasteiger partial charge in [0, 0.05) is 6.42 Å². The second-order valence-corrected chi connectivity index (χ2v) is 3.51. The maximum absolute atomic E-state index is 11.5. The van der Waals surface area contributed by atoms with Crippen LogP contribution in [0.1, 0.15) is 32.1 Å². The third kappa shape index (κ3) is 1.64. The smallest absolute Gasteiger partial charge is 0.317 e. The van der Waals surface area contributed by atoms with Crippen molar-refractivity contribution in [1.29, 1.82) is 0 Å². The number of Topliss-reactive ketones (excluding diaryl/α,β-unsaturated/α-hetero) is 1. The molecule has 0 aliphatic heterocycles. The number of carbonyl (C=O) groups excluding carboxylic acids is 1. The Hall–Kier alpha value is -1.12. The lowest BCUT2D eigenvalue weighted by Gasteiger charge is -2.30. The standard InChI is InChI=1S/C10H14O3/c1-2-6-10(9(12)13)7-4-3-5-8(10)11/h2H,1,3-7H2,(H,12,13)/t10-/m0/s1. The fraction of sp³-hybridized carbons (Fsp3) is 0.600. The summed E-state index contributed by atoms with van der Waals surface area (Å²) in [5.41, 5.74) is -1.15. The lowest BCUT2D eigenvalue weighted by atomic mass is 9.71. The molecule has 0 unspecified atom stereocenters. The van der Waals surface area contributed by atoms with Gasteiger partial charge in [0.05, 0.1) is 0 Å². The van der Waals surface area contributed by atoms with Gasteiger partial charge in [0.2, 0.25) is 0 Å². The van der Waals surface area contributed by atoms with Crippen molar-refractivity contribution >= 4 is 11.8 Å². The third-order valence-electron chi connectivity index (χ3n) is 2.69. The van der Waals surface area contributed by atoms with Crippen molar-refractivity contribution in [2.45, 2.75) is 32.1 Å². The molecule has 0 aromatic heterocycles. The van der Waals surface area contributed by atoms with E-state index in [9.17, 15) is 9.59 Å². The van der Waals surface area contributed by atoms with Crippen molar-refractivity contribution in [3.63, 3.8) is 0 Å². The number of aliphatic carboxylic acids is 1. The molecule has 0 radical (unpaired) electrons. The van der Waals surface area contributed by atoms with Crippen LogP contribution in [0.2, 0.25) is 0 Å². The minimum Gasteiger partial charge on any atom is -0.480 e. The van der Waals surface area contributed by atoms with Gasteiger partial charge in [-0.15, -0.1) is 6.58 Å². The highest BCUT2D eigenvalue weighted by Crippen LogP contribution is 2.36. The zero-order valence-corrected chi connectivity index (χ0v) is 7.58. The van der Waals surface area contributed by atoms with Gasteiger partial charge < -0.3 is 5.11 Å². The molecule has 0 aromatic carbocycles. The first kappa shape index (κ1) is 9.96. The Balaban J connectivity index is 2.92. The summed E-state index contributed by atoms with van der Waals surface area (Å²) >= 11 is 0. The van der Waals surface area contributed by atoms with Crippen LogP contribution in [0.15, 0.2) is 12.7 Å². The minimum atomic E-state index is -1.15. The summed E-state index contributed by atoms with van der Waals surface area (Å²) < 4.78 is 0. The van der Waals surface area contributed by atoms with Crippen LogP contribution in [-0.2, 0) is 9.59 Å². The Kier molecular flexibility index (Phi) is 2.86. The number of carbonyl (C=O) groups is 2. The van der Waals surface area contributed by atoms with Gasteiger partial charge in [-0.05, 0) is 19.3 Å². The van der Waals surface area contributed by atoms with Crippen LogP contribution in [-0.4, -0.2) is 16.9 Å². The van der Waals surface area contributed by atoms with Gasteiger partial charge in [-0.25, -0.2) is 0 Å². The maximum Gasteiger partial charge on any atom is 0.317 e. The van der Waals surface area contributed by atoms with Crippen molar-refractivity contribution in [3.8, 4) is 0 Å². The molecule has 3 nitrogen and oxygen atoms in total. The predicted octanol–water partition coefficient (Wildman–Crippen LogP) is 1.78. The minimum absolute atomic E-state index is 0.133. The number of hydrogen-bond donors (Lipinski definition) is 1. The molecule has 1 aliphatic carbocycles. The lowest BCUT2D eigenvalue weighted by Crippen LogP contribution is -2.41. The van der Waals surface area contributed by atoms with Gasteiger partial charge in [-0.3, -0.25) is 9.59 Å². The van der Waals surface area contributed by atoms with Crippen molar-refractivity contribution < 1.29 is 14.7 Å². The van der Waals surface area contributed by atoms with Crippen LogP contribution in [0, 0.1) is 5.41 Å². The Morgan fingerprint density at radius 1 is 1.62 bits per heavy atom. The number of rotatable bonds is 3. The molecule has 1 atom stereocenters. The molecule has 1 N–H and O–H groups in total. The molecule has 0 aromatic rings. The second kappa shape index (κ2) is 3.73. The molecule has 0 heterocycles. The van der Waals surface area contributed by atoms with Crippen molar-refractivity contribution in [2.24, 2.45) is 5.41 Å². The van der Waals surface area contributed by atoms with Crippen molar-refractivity contribution in [2.75, 3.05) is 0 Å². The maximum atomic E-state index is 11.5. The van der Waals surface area contributed by atoms with Crippen molar-refractivity contribution in [3.05, 3.63) is 12.7 Å². The van der Waals surface area contributed by atoms with E-state index in [1.54, 1.807) is 0 Å². The van der Waals surface area contributed by atoms with Gasteiger partial charge in [-0.2, -0.15) is 0 Å². The summed E-state index contributed by atoms with van der Waals surface area (Å²) in [6.07, 6.45) is 4.31. The molecule has 0 amide bonds. The molecule has 1 saturated carbocycles. The molecule has 0 spiro atoms. The largest absolute Gasteiger partial charge is 0.480 e. The van der Waals surface area contributed by atoms with Crippen LogP contribution in [0.3, 0.4) is 0 Å². The number of carboxylic acid groups (broad SMARTS) is 1. The third-order valence-corrected chi connectivity index (χ3v) is 2.69. The molecular weight excluding hydrogens is 168 g/mol. The van der Waals surface area contributed by atoms with E-state index >= 15 is 0 Å². The van der Waals surface area contributed by atoms with E-state index in [-0.39, 0.29) is 12.2 Å². The molecular formula is C10H14O3. The first-order valence-corrected chi connectivity index (χ1v) is 4.51. The first-order valence-electron chi connectivity index (χ1n) is 4.51. The summed E-state index contributed by atoms with van der Waals surface area (Å²) in [4.78, 5) is 22.5.